The fourth-order valence-corrected chi connectivity index (χ4v) is 3.74. The van der Waals surface area contributed by atoms with E-state index in [4.69, 9.17) is 0 Å². The Labute approximate surface area is 125 Å². The van der Waals surface area contributed by atoms with Gasteiger partial charge in [-0.1, -0.05) is 0 Å². The van der Waals surface area contributed by atoms with Gasteiger partial charge in [-0.15, -0.1) is 0 Å². The Bertz CT molecular complexity index is 506. The minimum absolute atomic E-state index is 0.142. The maximum atomic E-state index is 12.3. The zero-order valence-electron chi connectivity index (χ0n) is 12.3. The van der Waals surface area contributed by atoms with Crippen LogP contribution in [0.2, 0.25) is 0 Å². The van der Waals surface area contributed by atoms with Gasteiger partial charge in [0.05, 0.1) is 12.2 Å². The van der Waals surface area contributed by atoms with Crippen LogP contribution in [0.25, 0.3) is 0 Å². The number of amides is 2. The zero-order valence-corrected chi connectivity index (χ0v) is 13.1. The van der Waals surface area contributed by atoms with E-state index in [2.05, 4.69) is 10.6 Å². The van der Waals surface area contributed by atoms with Crippen LogP contribution in [0.3, 0.4) is 0 Å². The summed E-state index contributed by atoms with van der Waals surface area (Å²) in [5, 5.41) is 5.55. The highest BCUT2D eigenvalue weighted by Crippen LogP contribution is 2.19. The van der Waals surface area contributed by atoms with Crippen LogP contribution in [-0.2, 0) is 19.6 Å². The van der Waals surface area contributed by atoms with Gasteiger partial charge in [0.25, 0.3) is 0 Å². The Kier molecular flexibility index (Phi) is 5.21. The van der Waals surface area contributed by atoms with E-state index in [1.54, 1.807) is 0 Å². The Morgan fingerprint density at radius 1 is 1.29 bits per heavy atom. The zero-order chi connectivity index (χ0) is 15.5. The second-order valence-electron chi connectivity index (χ2n) is 5.81. The topological polar surface area (TPSA) is 95.6 Å². The summed E-state index contributed by atoms with van der Waals surface area (Å²) >= 11 is 0. The third-order valence-corrected chi connectivity index (χ3v) is 5.35. The molecule has 8 heteroatoms. The molecule has 0 aromatic rings. The second kappa shape index (κ2) is 6.74. The molecule has 0 spiro atoms. The molecule has 2 amide bonds. The molecule has 7 nitrogen and oxygen atoms in total. The average Bonchev–Trinajstić information content (AvgIpc) is 2.63. The molecule has 2 rings (SSSR count). The van der Waals surface area contributed by atoms with E-state index in [1.807, 2.05) is 0 Å². The molecular formula is C13H23N3O4S. The van der Waals surface area contributed by atoms with Crippen molar-refractivity contribution in [2.24, 2.45) is 5.92 Å². The Balaban J connectivity index is 1.94. The van der Waals surface area contributed by atoms with Crippen LogP contribution in [0.4, 0.5) is 0 Å². The van der Waals surface area contributed by atoms with Gasteiger partial charge in [-0.2, -0.15) is 0 Å². The van der Waals surface area contributed by atoms with Crippen LogP contribution < -0.4 is 10.6 Å². The highest BCUT2D eigenvalue weighted by Gasteiger charge is 2.32. The van der Waals surface area contributed by atoms with Gasteiger partial charge in [0.1, 0.15) is 6.04 Å². The summed E-state index contributed by atoms with van der Waals surface area (Å²) < 4.78 is 24.5. The molecule has 2 fully saturated rings. The highest BCUT2D eigenvalue weighted by molar-refractivity contribution is 7.88. The van der Waals surface area contributed by atoms with Crippen LogP contribution in [0, 0.1) is 5.92 Å². The summed E-state index contributed by atoms with van der Waals surface area (Å²) in [7, 11) is -3.27. The Morgan fingerprint density at radius 3 is 2.76 bits per heavy atom. The fourth-order valence-electron chi connectivity index (χ4n) is 2.82. The fraction of sp³-hybridized carbons (Fsp3) is 0.846. The van der Waals surface area contributed by atoms with Gasteiger partial charge in [0.2, 0.25) is 21.8 Å². The first kappa shape index (κ1) is 16.2. The lowest BCUT2D eigenvalue weighted by molar-refractivity contribution is -0.131. The number of carbonyl (C=O) groups is 2. The van der Waals surface area contributed by atoms with E-state index in [0.29, 0.717) is 32.4 Å². The standard InChI is InChI=1S/C13H23N3O4S/c1-21(19,20)16-8-4-5-10(9-16)12(17)15-11-6-2-3-7-14-13(11)18/h10-11H,2-9H2,1H3,(H,14,18)(H,15,17)/t10-,11-/m1/s1. The smallest absolute Gasteiger partial charge is 0.242 e. The number of sulfonamides is 1. The first-order valence-corrected chi connectivity index (χ1v) is 9.26. The average molecular weight is 317 g/mol. The van der Waals surface area contributed by atoms with Crippen molar-refractivity contribution in [2.75, 3.05) is 25.9 Å². The van der Waals surface area contributed by atoms with Gasteiger partial charge >= 0.3 is 0 Å². The van der Waals surface area contributed by atoms with Gasteiger partial charge in [-0.05, 0) is 32.1 Å². The van der Waals surface area contributed by atoms with Crippen molar-refractivity contribution in [1.29, 1.82) is 0 Å². The van der Waals surface area contributed by atoms with Crippen molar-refractivity contribution in [1.82, 2.24) is 14.9 Å². The third kappa shape index (κ3) is 4.41. The lowest BCUT2D eigenvalue weighted by Crippen LogP contribution is -2.51. The molecule has 0 bridgehead atoms. The number of carbonyl (C=O) groups excluding carboxylic acids is 2. The molecule has 0 aliphatic carbocycles. The van der Waals surface area contributed by atoms with Gasteiger partial charge < -0.3 is 10.6 Å². The minimum atomic E-state index is -3.27. The molecule has 2 heterocycles. The second-order valence-corrected chi connectivity index (χ2v) is 7.79. The molecule has 2 saturated heterocycles. The van der Waals surface area contributed by atoms with E-state index in [9.17, 15) is 18.0 Å². The number of piperidine rings is 1. The van der Waals surface area contributed by atoms with E-state index in [-0.39, 0.29) is 24.3 Å². The first-order valence-electron chi connectivity index (χ1n) is 7.41. The van der Waals surface area contributed by atoms with E-state index in [1.165, 1.54) is 4.31 Å². The summed E-state index contributed by atoms with van der Waals surface area (Å²) in [4.78, 5) is 24.1. The molecule has 2 aliphatic rings. The van der Waals surface area contributed by atoms with Crippen molar-refractivity contribution in [3.8, 4) is 0 Å². The predicted molar refractivity (Wildman–Crippen MR) is 77.9 cm³/mol. The lowest BCUT2D eigenvalue weighted by Gasteiger charge is -2.30. The summed E-state index contributed by atoms with van der Waals surface area (Å²) in [5.74, 6) is -0.730. The largest absolute Gasteiger partial charge is 0.354 e. The third-order valence-electron chi connectivity index (χ3n) is 4.08. The maximum Gasteiger partial charge on any atom is 0.242 e. The van der Waals surface area contributed by atoms with E-state index >= 15 is 0 Å². The quantitative estimate of drug-likeness (QED) is 0.729. The van der Waals surface area contributed by atoms with Gasteiger partial charge in [0.15, 0.2) is 0 Å². The molecule has 2 aliphatic heterocycles. The highest BCUT2D eigenvalue weighted by atomic mass is 32.2. The number of nitrogens with one attached hydrogen (secondary N) is 2. The minimum Gasteiger partial charge on any atom is -0.354 e. The van der Waals surface area contributed by atoms with Crippen LogP contribution >= 0.6 is 0 Å². The van der Waals surface area contributed by atoms with Crippen LogP contribution in [0.5, 0.6) is 0 Å². The Morgan fingerprint density at radius 2 is 2.05 bits per heavy atom. The first-order chi connectivity index (χ1) is 9.88. The van der Waals surface area contributed by atoms with Crippen LogP contribution in [-0.4, -0.2) is 56.5 Å². The normalized spacial score (nSPS) is 28.5. The molecule has 2 N–H and O–H groups in total. The molecule has 0 radical (unpaired) electrons. The summed E-state index contributed by atoms with van der Waals surface area (Å²) in [5.41, 5.74) is 0. The lowest BCUT2D eigenvalue weighted by atomic mass is 9.98. The SMILES string of the molecule is CS(=O)(=O)N1CCC[C@@H](C(=O)N[C@@H]2CCCCNC2=O)C1. The molecule has 2 atom stereocenters. The molecule has 0 saturated carbocycles. The molecule has 120 valence electrons. The summed E-state index contributed by atoms with van der Waals surface area (Å²) in [6, 6.07) is -0.492. The predicted octanol–water partition coefficient (Wildman–Crippen LogP) is -0.557. The number of hydrogen-bond donors (Lipinski definition) is 2. The number of hydrogen-bond acceptors (Lipinski definition) is 4. The molecule has 0 aromatic heterocycles. The maximum absolute atomic E-state index is 12.3. The molecule has 0 unspecified atom stereocenters. The van der Waals surface area contributed by atoms with E-state index < -0.39 is 16.1 Å². The van der Waals surface area contributed by atoms with Gasteiger partial charge in [-0.3, -0.25) is 9.59 Å². The van der Waals surface area contributed by atoms with Crippen molar-refractivity contribution in [3.05, 3.63) is 0 Å². The van der Waals surface area contributed by atoms with Crippen molar-refractivity contribution in [2.45, 2.75) is 38.1 Å². The Hall–Kier alpha value is -1.15. The van der Waals surface area contributed by atoms with Crippen molar-refractivity contribution >= 4 is 21.8 Å². The van der Waals surface area contributed by atoms with Crippen LogP contribution in [0.15, 0.2) is 0 Å². The van der Waals surface area contributed by atoms with Crippen molar-refractivity contribution < 1.29 is 18.0 Å². The summed E-state index contributed by atoms with van der Waals surface area (Å²) in [6.07, 6.45) is 4.94. The van der Waals surface area contributed by atoms with Crippen LogP contribution in [0.1, 0.15) is 32.1 Å². The molecular weight excluding hydrogens is 294 g/mol. The van der Waals surface area contributed by atoms with Gasteiger partial charge in [0, 0.05) is 19.6 Å². The molecule has 21 heavy (non-hydrogen) atoms. The number of nitrogens with zero attached hydrogens (tertiary/aromatic N) is 1. The molecule has 0 aromatic carbocycles. The van der Waals surface area contributed by atoms with E-state index in [0.717, 1.165) is 19.1 Å². The summed E-state index contributed by atoms with van der Waals surface area (Å²) in [6.45, 7) is 1.32. The monoisotopic (exact) mass is 317 g/mol. The van der Waals surface area contributed by atoms with Crippen molar-refractivity contribution in [3.63, 3.8) is 0 Å². The van der Waals surface area contributed by atoms with Gasteiger partial charge in [-0.25, -0.2) is 12.7 Å². The number of rotatable bonds is 3.